The molecule has 1 aromatic heterocycles. The molecule has 2 heterocycles. The molecule has 3 aromatic rings. The molecule has 0 unspecified atom stereocenters. The highest BCUT2D eigenvalue weighted by molar-refractivity contribution is 5.97. The molecule has 0 bridgehead atoms. The molecule has 1 aliphatic carbocycles. The molecule has 2 amide bonds. The van der Waals surface area contributed by atoms with Crippen LogP contribution in [0.4, 0.5) is 4.39 Å². The lowest BCUT2D eigenvalue weighted by molar-refractivity contribution is -0.908. The maximum Gasteiger partial charge on any atom is 0.271 e. The Kier molecular flexibility index (Phi) is 9.63. The number of H-pyrrole nitrogens is 1. The molecule has 40 heavy (non-hydrogen) atoms. The topological polar surface area (TPSA) is 78.9 Å². The molecule has 2 fully saturated rings. The van der Waals surface area contributed by atoms with Crippen LogP contribution in [0.1, 0.15) is 60.6 Å². The van der Waals surface area contributed by atoms with E-state index in [4.69, 9.17) is 4.74 Å². The minimum Gasteiger partial charge on any atom is -0.370 e. The molecule has 0 radical (unpaired) electrons. The average Bonchev–Trinajstić information content (AvgIpc) is 3.49. The Morgan fingerprint density at radius 2 is 1.70 bits per heavy atom. The summed E-state index contributed by atoms with van der Waals surface area (Å²) in [5.41, 5.74) is 2.85. The number of amides is 2. The van der Waals surface area contributed by atoms with Crippen LogP contribution in [0.2, 0.25) is 0 Å². The average molecular weight is 548 g/mol. The van der Waals surface area contributed by atoms with Crippen LogP contribution in [0.15, 0.2) is 66.7 Å². The molecular weight excluding hydrogens is 507 g/mol. The van der Waals surface area contributed by atoms with Gasteiger partial charge in [-0.3, -0.25) is 9.59 Å². The summed E-state index contributed by atoms with van der Waals surface area (Å²) in [5, 5.41) is 3.23. The van der Waals surface area contributed by atoms with E-state index < -0.39 is 6.04 Å². The van der Waals surface area contributed by atoms with Crippen molar-refractivity contribution >= 4 is 11.8 Å². The number of hydrogen-bond acceptors (Lipinski definition) is 3. The van der Waals surface area contributed by atoms with Crippen LogP contribution in [-0.2, 0) is 9.53 Å². The van der Waals surface area contributed by atoms with E-state index in [0.717, 1.165) is 76.2 Å². The molecule has 1 saturated heterocycles. The van der Waals surface area contributed by atoms with Gasteiger partial charge >= 0.3 is 0 Å². The number of rotatable bonds is 10. The summed E-state index contributed by atoms with van der Waals surface area (Å²) in [5.74, 6) is -0.825. The maximum atomic E-state index is 14.2. The van der Waals surface area contributed by atoms with Gasteiger partial charge in [0, 0.05) is 24.7 Å². The van der Waals surface area contributed by atoms with Gasteiger partial charge in [-0.15, -0.1) is 0 Å². The largest absolute Gasteiger partial charge is 0.370 e. The summed E-state index contributed by atoms with van der Waals surface area (Å²) in [6.45, 7) is 4.65. The highest BCUT2D eigenvalue weighted by Gasteiger charge is 2.34. The highest BCUT2D eigenvalue weighted by atomic mass is 19.1. The first-order valence-electron chi connectivity index (χ1n) is 14.6. The molecule has 1 saturated carbocycles. The Balaban J connectivity index is 1.43. The summed E-state index contributed by atoms with van der Waals surface area (Å²) >= 11 is 0. The monoisotopic (exact) mass is 547 g/mol. The lowest BCUT2D eigenvalue weighted by Gasteiger charge is -2.33. The summed E-state index contributed by atoms with van der Waals surface area (Å²) in [6.07, 6.45) is 5.96. The van der Waals surface area contributed by atoms with Gasteiger partial charge in [0.05, 0.1) is 19.8 Å². The van der Waals surface area contributed by atoms with E-state index in [0.29, 0.717) is 17.8 Å². The number of aromatic nitrogens is 1. The number of carbonyl (C=O) groups excluding carboxylic acids is 2. The third kappa shape index (κ3) is 7.17. The fraction of sp³-hybridized carbons (Fsp3) is 0.438. The zero-order chi connectivity index (χ0) is 27.7. The summed E-state index contributed by atoms with van der Waals surface area (Å²) in [7, 11) is 0. The van der Waals surface area contributed by atoms with Gasteiger partial charge in [0.25, 0.3) is 5.91 Å². The van der Waals surface area contributed by atoms with Gasteiger partial charge in [-0.1, -0.05) is 61.7 Å². The molecule has 212 valence electrons. The van der Waals surface area contributed by atoms with E-state index in [1.165, 1.54) is 23.5 Å². The second kappa shape index (κ2) is 13.7. The van der Waals surface area contributed by atoms with Crippen molar-refractivity contribution in [1.82, 2.24) is 15.2 Å². The molecule has 3 N–H and O–H groups in total. The third-order valence-electron chi connectivity index (χ3n) is 8.09. The van der Waals surface area contributed by atoms with Crippen LogP contribution in [-0.4, -0.2) is 67.1 Å². The fourth-order valence-corrected chi connectivity index (χ4v) is 5.86. The summed E-state index contributed by atoms with van der Waals surface area (Å²) < 4.78 is 19.4. The number of nitrogens with one attached hydrogen (secondary N) is 3. The molecule has 2 aliphatic rings. The number of quaternary nitrogens is 1. The molecule has 8 heteroatoms. The molecule has 5 rings (SSSR count). The Bertz CT molecular complexity index is 1230. The van der Waals surface area contributed by atoms with Gasteiger partial charge in [-0.25, -0.2) is 4.39 Å². The van der Waals surface area contributed by atoms with Crippen LogP contribution in [0.25, 0.3) is 11.3 Å². The van der Waals surface area contributed by atoms with E-state index in [-0.39, 0.29) is 23.7 Å². The summed E-state index contributed by atoms with van der Waals surface area (Å²) in [6, 6.07) is 18.7. The van der Waals surface area contributed by atoms with Gasteiger partial charge in [0.2, 0.25) is 5.91 Å². The SMILES string of the molecule is O=C(NC1CCCCC1)[C@H](c1ccc(F)cc1)N(CCC[NH+]1CCOCC1)C(=O)c1ccc(-c2ccccc2)[nH]1. The second-order valence-electron chi connectivity index (χ2n) is 10.9. The van der Waals surface area contributed by atoms with Crippen LogP contribution in [0, 0.1) is 5.82 Å². The predicted octanol–water partition coefficient (Wildman–Crippen LogP) is 3.76. The summed E-state index contributed by atoms with van der Waals surface area (Å²) in [4.78, 5) is 34.5. The first-order valence-corrected chi connectivity index (χ1v) is 14.6. The van der Waals surface area contributed by atoms with E-state index in [1.807, 2.05) is 36.4 Å². The van der Waals surface area contributed by atoms with Crippen LogP contribution in [0.3, 0.4) is 0 Å². The Hall–Kier alpha value is -3.49. The van der Waals surface area contributed by atoms with E-state index in [2.05, 4.69) is 10.3 Å². The standard InChI is InChI=1S/C32H39FN4O3/c33-26-14-12-25(13-15-26)30(31(38)34-27-10-5-2-6-11-27)37(19-7-18-36-20-22-40-23-21-36)32(39)29-17-16-28(35-29)24-8-3-1-4-9-24/h1,3-4,8-9,12-17,27,30,35H,2,5-7,10-11,18-23H2,(H,34,38)/p+1/t30-/m0/s1. The molecule has 1 atom stereocenters. The number of nitrogens with zero attached hydrogens (tertiary/aromatic N) is 1. The van der Waals surface area contributed by atoms with Gasteiger partial charge in [0.15, 0.2) is 0 Å². The van der Waals surface area contributed by atoms with Crippen molar-refractivity contribution in [3.05, 3.63) is 83.8 Å². The molecule has 1 aliphatic heterocycles. The number of hydrogen-bond donors (Lipinski definition) is 3. The number of morpholine rings is 1. The predicted molar refractivity (Wildman–Crippen MR) is 152 cm³/mol. The Morgan fingerprint density at radius 3 is 2.42 bits per heavy atom. The Morgan fingerprint density at radius 1 is 0.975 bits per heavy atom. The highest BCUT2D eigenvalue weighted by Crippen LogP contribution is 2.27. The lowest BCUT2D eigenvalue weighted by Crippen LogP contribution is -3.14. The smallest absolute Gasteiger partial charge is 0.271 e. The minimum atomic E-state index is -0.863. The van der Waals surface area contributed by atoms with Crippen molar-refractivity contribution in [2.24, 2.45) is 0 Å². The molecule has 0 spiro atoms. The van der Waals surface area contributed by atoms with Gasteiger partial charge in [-0.05, 0) is 48.2 Å². The van der Waals surface area contributed by atoms with Crippen molar-refractivity contribution in [3.8, 4) is 11.3 Å². The Labute approximate surface area is 235 Å². The molecular formula is C32H40FN4O3+. The lowest BCUT2D eigenvalue weighted by atomic mass is 9.94. The normalized spacial score (nSPS) is 17.3. The maximum absolute atomic E-state index is 14.2. The third-order valence-corrected chi connectivity index (χ3v) is 8.09. The van der Waals surface area contributed by atoms with Crippen molar-refractivity contribution in [2.45, 2.75) is 50.6 Å². The van der Waals surface area contributed by atoms with Crippen molar-refractivity contribution in [1.29, 1.82) is 0 Å². The van der Waals surface area contributed by atoms with Crippen LogP contribution >= 0.6 is 0 Å². The van der Waals surface area contributed by atoms with Crippen molar-refractivity contribution < 1.29 is 23.6 Å². The minimum absolute atomic E-state index is 0.0918. The number of ether oxygens (including phenoxy) is 1. The van der Waals surface area contributed by atoms with E-state index in [9.17, 15) is 14.0 Å². The first kappa shape index (κ1) is 28.1. The van der Waals surface area contributed by atoms with Gasteiger partial charge in [-0.2, -0.15) is 0 Å². The van der Waals surface area contributed by atoms with E-state index >= 15 is 0 Å². The number of aromatic amines is 1. The zero-order valence-corrected chi connectivity index (χ0v) is 23.0. The van der Waals surface area contributed by atoms with Crippen molar-refractivity contribution in [3.63, 3.8) is 0 Å². The van der Waals surface area contributed by atoms with Gasteiger partial charge in [0.1, 0.15) is 30.6 Å². The molecule has 2 aromatic carbocycles. The van der Waals surface area contributed by atoms with Crippen LogP contribution < -0.4 is 10.2 Å². The number of carbonyl (C=O) groups is 2. The van der Waals surface area contributed by atoms with E-state index in [1.54, 1.807) is 23.1 Å². The molecule has 7 nitrogen and oxygen atoms in total. The number of halogens is 1. The van der Waals surface area contributed by atoms with Crippen molar-refractivity contribution in [2.75, 3.05) is 39.4 Å². The van der Waals surface area contributed by atoms with Gasteiger partial charge < -0.3 is 24.8 Å². The quantitative estimate of drug-likeness (QED) is 0.362. The first-order chi connectivity index (χ1) is 19.6. The zero-order valence-electron chi connectivity index (χ0n) is 23.0. The fourth-order valence-electron chi connectivity index (χ4n) is 5.86. The second-order valence-corrected chi connectivity index (χ2v) is 10.9. The van der Waals surface area contributed by atoms with Crippen LogP contribution in [0.5, 0.6) is 0 Å². The number of benzene rings is 2.